The number of nitrogens with one attached hydrogen (secondary N) is 2. The number of aromatic nitrogens is 2. The maximum atomic E-state index is 12.9. The van der Waals surface area contributed by atoms with Crippen LogP contribution in [0.2, 0.25) is 5.02 Å². The van der Waals surface area contributed by atoms with E-state index in [-0.39, 0.29) is 11.9 Å². The van der Waals surface area contributed by atoms with Gasteiger partial charge < -0.3 is 10.6 Å². The number of nitrogens with zero attached hydrogens (tertiary/aromatic N) is 2. The van der Waals surface area contributed by atoms with Gasteiger partial charge in [-0.1, -0.05) is 48.9 Å². The van der Waals surface area contributed by atoms with E-state index in [4.69, 9.17) is 11.6 Å². The standard InChI is InChI=1S/C26H25ClN4OS/c1-4-21-15-22(25(33-21)31-24(32)19-8-6-5-7-9-19)23(18-10-12-20(27)13-11-18)30-26-28-16(2)14-17(3)29-26/h5-15,23H,4H2,1-3H3,(H,31,32)(H,28,29,30)/t23-/m0/s1. The van der Waals surface area contributed by atoms with Gasteiger partial charge in [-0.2, -0.15) is 0 Å². The Morgan fingerprint density at radius 1 is 1.00 bits per heavy atom. The molecule has 0 aliphatic rings. The first-order valence-corrected chi connectivity index (χ1v) is 12.0. The molecule has 0 fully saturated rings. The lowest BCUT2D eigenvalue weighted by atomic mass is 10.00. The van der Waals surface area contributed by atoms with Crippen molar-refractivity contribution in [3.05, 3.63) is 105 Å². The lowest BCUT2D eigenvalue weighted by Crippen LogP contribution is -2.18. The first kappa shape index (κ1) is 23.0. The summed E-state index contributed by atoms with van der Waals surface area (Å²) in [6, 6.07) is 20.7. The summed E-state index contributed by atoms with van der Waals surface area (Å²) in [6.07, 6.45) is 0.867. The van der Waals surface area contributed by atoms with Gasteiger partial charge in [-0.15, -0.1) is 11.3 Å². The van der Waals surface area contributed by atoms with E-state index < -0.39 is 0 Å². The SMILES string of the molecule is CCc1cc([C@@H](Nc2nc(C)cc(C)n2)c2ccc(Cl)cc2)c(NC(=O)c2ccccc2)s1. The molecule has 0 saturated heterocycles. The topological polar surface area (TPSA) is 66.9 Å². The van der Waals surface area contributed by atoms with Crippen molar-refractivity contribution in [1.29, 1.82) is 0 Å². The first-order chi connectivity index (χ1) is 15.9. The molecule has 0 unspecified atom stereocenters. The molecule has 0 saturated carbocycles. The Morgan fingerprint density at radius 2 is 1.67 bits per heavy atom. The van der Waals surface area contributed by atoms with Crippen LogP contribution in [0.3, 0.4) is 0 Å². The summed E-state index contributed by atoms with van der Waals surface area (Å²) in [6.45, 7) is 6.00. The molecular weight excluding hydrogens is 452 g/mol. The van der Waals surface area contributed by atoms with Crippen LogP contribution in [-0.4, -0.2) is 15.9 Å². The van der Waals surface area contributed by atoms with Gasteiger partial charge >= 0.3 is 0 Å². The molecule has 0 spiro atoms. The van der Waals surface area contributed by atoms with Crippen LogP contribution in [0.4, 0.5) is 10.9 Å². The van der Waals surface area contributed by atoms with Gasteiger partial charge in [-0.3, -0.25) is 4.79 Å². The largest absolute Gasteiger partial charge is 0.343 e. The Kier molecular flexibility index (Phi) is 7.06. The molecule has 1 atom stereocenters. The number of carbonyl (C=O) groups excluding carboxylic acids is 1. The highest BCUT2D eigenvalue weighted by atomic mass is 35.5. The monoisotopic (exact) mass is 476 g/mol. The van der Waals surface area contributed by atoms with Gasteiger partial charge in [-0.25, -0.2) is 9.97 Å². The fraction of sp³-hybridized carbons (Fsp3) is 0.192. The van der Waals surface area contributed by atoms with Gasteiger partial charge in [0.1, 0.15) is 5.00 Å². The van der Waals surface area contributed by atoms with Crippen molar-refractivity contribution in [2.75, 3.05) is 10.6 Å². The second-order valence-corrected chi connectivity index (χ2v) is 9.35. The zero-order chi connectivity index (χ0) is 23.4. The second kappa shape index (κ2) is 10.1. The maximum absolute atomic E-state index is 12.9. The molecule has 2 heterocycles. The van der Waals surface area contributed by atoms with Crippen molar-refractivity contribution in [2.45, 2.75) is 33.2 Å². The number of hydrogen-bond acceptors (Lipinski definition) is 5. The molecule has 0 bridgehead atoms. The molecule has 168 valence electrons. The number of anilines is 2. The normalized spacial score (nSPS) is 11.8. The highest BCUT2D eigenvalue weighted by Crippen LogP contribution is 2.38. The van der Waals surface area contributed by atoms with E-state index >= 15 is 0 Å². The van der Waals surface area contributed by atoms with Crippen LogP contribution in [0.5, 0.6) is 0 Å². The lowest BCUT2D eigenvalue weighted by molar-refractivity contribution is 0.102. The first-order valence-electron chi connectivity index (χ1n) is 10.8. The molecule has 0 aliphatic carbocycles. The van der Waals surface area contributed by atoms with Crippen LogP contribution in [-0.2, 0) is 6.42 Å². The average Bonchev–Trinajstić information content (AvgIpc) is 3.20. The number of benzene rings is 2. The van der Waals surface area contributed by atoms with Crippen molar-refractivity contribution in [2.24, 2.45) is 0 Å². The van der Waals surface area contributed by atoms with Gasteiger partial charge in [-0.05, 0) is 62.2 Å². The van der Waals surface area contributed by atoms with Gasteiger partial charge in [0.25, 0.3) is 5.91 Å². The predicted octanol–water partition coefficient (Wildman–Crippen LogP) is 6.82. The van der Waals surface area contributed by atoms with E-state index in [0.717, 1.165) is 33.9 Å². The Morgan fingerprint density at radius 3 is 2.30 bits per heavy atom. The van der Waals surface area contributed by atoms with Crippen LogP contribution < -0.4 is 10.6 Å². The van der Waals surface area contributed by atoms with Crippen molar-refractivity contribution in [1.82, 2.24) is 9.97 Å². The van der Waals surface area contributed by atoms with Crippen LogP contribution in [0, 0.1) is 13.8 Å². The van der Waals surface area contributed by atoms with Crippen molar-refractivity contribution < 1.29 is 4.79 Å². The number of aryl methyl sites for hydroxylation is 3. The summed E-state index contributed by atoms with van der Waals surface area (Å²) in [4.78, 5) is 23.3. The molecule has 1 amide bonds. The maximum Gasteiger partial charge on any atom is 0.256 e. The van der Waals surface area contributed by atoms with Crippen LogP contribution >= 0.6 is 22.9 Å². The summed E-state index contributed by atoms with van der Waals surface area (Å²) in [7, 11) is 0. The third-order valence-corrected chi connectivity index (χ3v) is 6.66. The highest BCUT2D eigenvalue weighted by Gasteiger charge is 2.23. The van der Waals surface area contributed by atoms with E-state index in [1.54, 1.807) is 11.3 Å². The minimum absolute atomic E-state index is 0.140. The fourth-order valence-corrected chi connectivity index (χ4v) is 4.78. The molecular formula is C26H25ClN4OS. The number of thiophene rings is 1. The average molecular weight is 477 g/mol. The molecule has 5 nitrogen and oxygen atoms in total. The molecule has 2 aromatic carbocycles. The van der Waals surface area contributed by atoms with Crippen molar-refractivity contribution >= 4 is 39.8 Å². The Bertz CT molecular complexity index is 1240. The second-order valence-electron chi connectivity index (χ2n) is 7.77. The van der Waals surface area contributed by atoms with Gasteiger partial charge in [0.05, 0.1) is 6.04 Å². The quantitative estimate of drug-likeness (QED) is 0.307. The smallest absolute Gasteiger partial charge is 0.256 e. The highest BCUT2D eigenvalue weighted by molar-refractivity contribution is 7.16. The Hall–Kier alpha value is -3.22. The van der Waals surface area contributed by atoms with E-state index in [9.17, 15) is 4.79 Å². The predicted molar refractivity (Wildman–Crippen MR) is 137 cm³/mol. The molecule has 33 heavy (non-hydrogen) atoms. The summed E-state index contributed by atoms with van der Waals surface area (Å²) < 4.78 is 0. The molecule has 0 aliphatic heterocycles. The van der Waals surface area contributed by atoms with E-state index in [1.807, 2.05) is 74.5 Å². The third kappa shape index (κ3) is 5.59. The minimum atomic E-state index is -0.272. The van der Waals surface area contributed by atoms with Crippen LogP contribution in [0.1, 0.15) is 50.7 Å². The third-order valence-electron chi connectivity index (χ3n) is 5.19. The number of carbonyl (C=O) groups is 1. The molecule has 4 rings (SSSR count). The van der Waals surface area contributed by atoms with Gasteiger partial charge in [0, 0.05) is 32.4 Å². The van der Waals surface area contributed by atoms with Crippen LogP contribution in [0.25, 0.3) is 0 Å². The molecule has 2 aromatic heterocycles. The van der Waals surface area contributed by atoms with Gasteiger partial charge in [0.15, 0.2) is 0 Å². The molecule has 4 aromatic rings. The number of hydrogen-bond donors (Lipinski definition) is 2. The minimum Gasteiger partial charge on any atom is -0.343 e. The zero-order valence-corrected chi connectivity index (χ0v) is 20.3. The van der Waals surface area contributed by atoms with E-state index in [2.05, 4.69) is 33.6 Å². The molecule has 0 radical (unpaired) electrons. The van der Waals surface area contributed by atoms with Gasteiger partial charge in [0.2, 0.25) is 5.95 Å². The Labute approximate surface area is 202 Å². The molecule has 7 heteroatoms. The Balaban J connectivity index is 1.76. The van der Waals surface area contributed by atoms with Crippen molar-refractivity contribution in [3.63, 3.8) is 0 Å². The number of halogens is 1. The number of amides is 1. The zero-order valence-electron chi connectivity index (χ0n) is 18.7. The number of rotatable bonds is 7. The van der Waals surface area contributed by atoms with Crippen molar-refractivity contribution in [3.8, 4) is 0 Å². The summed E-state index contributed by atoms with van der Waals surface area (Å²) >= 11 is 7.75. The molecule has 2 N–H and O–H groups in total. The summed E-state index contributed by atoms with van der Waals surface area (Å²) in [5.74, 6) is 0.399. The van der Waals surface area contributed by atoms with E-state index in [1.165, 1.54) is 4.88 Å². The fourth-order valence-electron chi connectivity index (χ4n) is 3.63. The van der Waals surface area contributed by atoms with Crippen LogP contribution in [0.15, 0.2) is 66.7 Å². The lowest BCUT2D eigenvalue weighted by Gasteiger charge is -2.21. The van der Waals surface area contributed by atoms with E-state index in [0.29, 0.717) is 16.5 Å². The summed E-state index contributed by atoms with van der Waals surface area (Å²) in [5.41, 5.74) is 4.35. The summed E-state index contributed by atoms with van der Waals surface area (Å²) in [5, 5.41) is 8.09.